The number of ether oxygens (including phenoxy) is 4. The molecule has 0 spiro atoms. The van der Waals surface area contributed by atoms with Crippen LogP contribution in [0.4, 0.5) is 5.95 Å². The molecule has 3 aromatic carbocycles. The summed E-state index contributed by atoms with van der Waals surface area (Å²) in [7, 11) is 0. The van der Waals surface area contributed by atoms with Gasteiger partial charge in [0.05, 0.1) is 16.7 Å². The Labute approximate surface area is 233 Å². The van der Waals surface area contributed by atoms with Crippen molar-refractivity contribution in [3.05, 3.63) is 130 Å². The van der Waals surface area contributed by atoms with Gasteiger partial charge < -0.3 is 29.1 Å². The first-order valence-corrected chi connectivity index (χ1v) is 12.5. The molecule has 12 nitrogen and oxygen atoms in total. The van der Waals surface area contributed by atoms with E-state index < -0.39 is 59.9 Å². The molecular formula is C29H23N3O9. The van der Waals surface area contributed by atoms with Crippen LogP contribution in [-0.2, 0) is 18.9 Å². The van der Waals surface area contributed by atoms with Gasteiger partial charge in [0, 0.05) is 0 Å². The number of benzene rings is 3. The van der Waals surface area contributed by atoms with Crippen molar-refractivity contribution in [2.75, 3.05) is 6.61 Å². The molecule has 208 valence electrons. The minimum absolute atomic E-state index is 0.193. The number of carbonyl (C=O) groups is 3. The predicted molar refractivity (Wildman–Crippen MR) is 141 cm³/mol. The van der Waals surface area contributed by atoms with Gasteiger partial charge >= 0.3 is 23.9 Å². The highest BCUT2D eigenvalue weighted by atomic mass is 16.7. The molecule has 1 fully saturated rings. The number of nitro groups is 1. The molecule has 0 N–H and O–H groups in total. The summed E-state index contributed by atoms with van der Waals surface area (Å²) in [5.41, 5.74) is 0.674. The molecule has 1 aliphatic heterocycles. The number of hydrogen-bond acceptors (Lipinski definition) is 10. The van der Waals surface area contributed by atoms with Gasteiger partial charge in [0.15, 0.2) is 6.10 Å². The van der Waals surface area contributed by atoms with Gasteiger partial charge in [-0.15, -0.1) is 0 Å². The van der Waals surface area contributed by atoms with Crippen LogP contribution in [0.2, 0.25) is 0 Å². The Hall–Kier alpha value is -5.36. The first kappa shape index (κ1) is 27.2. The van der Waals surface area contributed by atoms with Crippen molar-refractivity contribution in [3.63, 3.8) is 0 Å². The van der Waals surface area contributed by atoms with Crippen molar-refractivity contribution in [1.29, 1.82) is 0 Å². The second-order valence-corrected chi connectivity index (χ2v) is 8.89. The largest absolute Gasteiger partial charge is 0.459 e. The van der Waals surface area contributed by atoms with E-state index in [4.69, 9.17) is 18.9 Å². The number of hydrogen-bond donors (Lipinski definition) is 0. The highest BCUT2D eigenvalue weighted by Gasteiger charge is 2.54. The fourth-order valence-corrected chi connectivity index (χ4v) is 4.33. The summed E-state index contributed by atoms with van der Waals surface area (Å²) in [5.74, 6) is -2.81. The van der Waals surface area contributed by atoms with E-state index in [9.17, 15) is 24.5 Å². The zero-order valence-electron chi connectivity index (χ0n) is 21.3. The standard InChI is InChI=1S/C29H23N3O9/c33-26(19-10-4-1-5-11-19)38-18-22-23(40-27(34)20-12-6-2-7-13-20)24(41-28(35)21-14-8-3-9-15-21)25(39-22)31-17-16-30-29(31)32(36)37/h1-17,22-25H,18H2/t22-,23-,24-,25-/m1/s1. The Balaban J connectivity index is 1.49. The predicted octanol–water partition coefficient (Wildman–Crippen LogP) is 4.00. The summed E-state index contributed by atoms with van der Waals surface area (Å²) in [4.78, 5) is 53.6. The maximum Gasteiger partial charge on any atom is 0.436 e. The average molecular weight is 558 g/mol. The van der Waals surface area contributed by atoms with Crippen LogP contribution >= 0.6 is 0 Å². The number of imidazole rings is 1. The first-order chi connectivity index (χ1) is 19.9. The third-order valence-corrected chi connectivity index (χ3v) is 6.26. The third-order valence-electron chi connectivity index (χ3n) is 6.26. The van der Waals surface area contributed by atoms with E-state index in [1.54, 1.807) is 66.7 Å². The summed E-state index contributed by atoms with van der Waals surface area (Å²) in [6, 6.07) is 24.3. The monoisotopic (exact) mass is 557 g/mol. The van der Waals surface area contributed by atoms with Crippen molar-refractivity contribution in [2.24, 2.45) is 0 Å². The summed E-state index contributed by atoms with van der Waals surface area (Å²) >= 11 is 0. The molecule has 2 heterocycles. The minimum Gasteiger partial charge on any atom is -0.459 e. The quantitative estimate of drug-likeness (QED) is 0.128. The fourth-order valence-electron chi connectivity index (χ4n) is 4.33. The van der Waals surface area contributed by atoms with Crippen LogP contribution in [0.3, 0.4) is 0 Å². The van der Waals surface area contributed by atoms with Crippen LogP contribution in [0.1, 0.15) is 37.3 Å². The van der Waals surface area contributed by atoms with Gasteiger partial charge in [0.25, 0.3) is 0 Å². The molecule has 5 rings (SSSR count). The van der Waals surface area contributed by atoms with E-state index in [1.165, 1.54) is 36.7 Å². The van der Waals surface area contributed by atoms with E-state index in [0.29, 0.717) is 0 Å². The third kappa shape index (κ3) is 6.12. The molecule has 1 aromatic heterocycles. The van der Waals surface area contributed by atoms with Crippen LogP contribution in [0.5, 0.6) is 0 Å². The molecular weight excluding hydrogens is 534 g/mol. The average Bonchev–Trinajstić information content (AvgIpc) is 3.62. The Morgan fingerprint density at radius 1 is 0.780 bits per heavy atom. The normalized spacial score (nSPS) is 19.7. The molecule has 0 amide bonds. The van der Waals surface area contributed by atoms with E-state index in [2.05, 4.69) is 4.98 Å². The Bertz CT molecular complexity index is 1530. The lowest BCUT2D eigenvalue weighted by Gasteiger charge is -2.24. The van der Waals surface area contributed by atoms with Crippen LogP contribution in [-0.4, -0.2) is 57.3 Å². The molecule has 4 atom stereocenters. The lowest BCUT2D eigenvalue weighted by atomic mass is 10.1. The smallest absolute Gasteiger partial charge is 0.436 e. The van der Waals surface area contributed by atoms with Crippen LogP contribution < -0.4 is 0 Å². The highest BCUT2D eigenvalue weighted by Crippen LogP contribution is 2.37. The second-order valence-electron chi connectivity index (χ2n) is 8.89. The van der Waals surface area contributed by atoms with Crippen LogP contribution in [0.25, 0.3) is 0 Å². The Morgan fingerprint density at radius 2 is 1.27 bits per heavy atom. The maximum atomic E-state index is 13.1. The topological polar surface area (TPSA) is 149 Å². The zero-order chi connectivity index (χ0) is 28.8. The maximum absolute atomic E-state index is 13.1. The lowest BCUT2D eigenvalue weighted by Crippen LogP contribution is -2.41. The van der Waals surface area contributed by atoms with E-state index in [-0.39, 0.29) is 16.7 Å². The zero-order valence-corrected chi connectivity index (χ0v) is 21.3. The molecule has 0 bridgehead atoms. The molecule has 0 aliphatic carbocycles. The van der Waals surface area contributed by atoms with Crippen LogP contribution in [0.15, 0.2) is 103 Å². The minimum atomic E-state index is -1.39. The fraction of sp³-hybridized carbons (Fsp3) is 0.172. The van der Waals surface area contributed by atoms with Gasteiger partial charge in [-0.3, -0.25) is 0 Å². The van der Waals surface area contributed by atoms with Crippen molar-refractivity contribution in [3.8, 4) is 0 Å². The molecule has 0 unspecified atom stereocenters. The van der Waals surface area contributed by atoms with E-state index in [0.717, 1.165) is 4.57 Å². The first-order valence-electron chi connectivity index (χ1n) is 12.5. The van der Waals surface area contributed by atoms with Gasteiger partial charge in [0.1, 0.15) is 25.1 Å². The van der Waals surface area contributed by atoms with E-state index in [1.807, 2.05) is 0 Å². The summed E-state index contributed by atoms with van der Waals surface area (Å²) in [6.07, 6.45) is -2.77. The van der Waals surface area contributed by atoms with Gasteiger partial charge in [0.2, 0.25) is 12.3 Å². The van der Waals surface area contributed by atoms with E-state index >= 15 is 0 Å². The summed E-state index contributed by atoms with van der Waals surface area (Å²) in [5, 5.41) is 11.7. The number of nitrogens with zero attached hydrogens (tertiary/aromatic N) is 3. The summed E-state index contributed by atoms with van der Waals surface area (Å²) < 4.78 is 24.2. The van der Waals surface area contributed by atoms with Gasteiger partial charge in [-0.2, -0.15) is 4.57 Å². The Morgan fingerprint density at radius 3 is 1.78 bits per heavy atom. The molecule has 0 radical (unpaired) electrons. The van der Waals surface area contributed by atoms with Crippen molar-refractivity contribution >= 4 is 23.9 Å². The van der Waals surface area contributed by atoms with Crippen molar-refractivity contribution in [2.45, 2.75) is 24.5 Å². The molecule has 0 saturated carbocycles. The number of rotatable bonds is 9. The van der Waals surface area contributed by atoms with Gasteiger partial charge in [-0.05, 0) is 41.3 Å². The second kappa shape index (κ2) is 12.2. The molecule has 41 heavy (non-hydrogen) atoms. The molecule has 12 heteroatoms. The van der Waals surface area contributed by atoms with Gasteiger partial charge in [-0.25, -0.2) is 14.4 Å². The lowest BCUT2D eigenvalue weighted by molar-refractivity contribution is -0.398. The van der Waals surface area contributed by atoms with Gasteiger partial charge in [-0.1, -0.05) is 59.6 Å². The molecule has 1 aliphatic rings. The number of carbonyl (C=O) groups excluding carboxylic acids is 3. The van der Waals surface area contributed by atoms with Crippen molar-refractivity contribution in [1.82, 2.24) is 9.55 Å². The number of esters is 3. The Kier molecular flexibility index (Phi) is 8.11. The SMILES string of the molecule is O=C(OC[C@H]1O[C@@H](n2ccnc2[N+](=O)[O-])[C@H](OC(=O)c2ccccc2)[C@@H]1OC(=O)c1ccccc1)c1ccccc1. The molecule has 4 aromatic rings. The van der Waals surface area contributed by atoms with Crippen LogP contribution in [0, 0.1) is 10.1 Å². The number of aromatic nitrogens is 2. The summed E-state index contributed by atoms with van der Waals surface area (Å²) in [6.45, 7) is -0.418. The van der Waals surface area contributed by atoms with Crippen molar-refractivity contribution < 1.29 is 38.3 Å². The molecule has 1 saturated heterocycles. The highest BCUT2D eigenvalue weighted by molar-refractivity contribution is 5.91.